The Bertz CT molecular complexity index is 791. The topological polar surface area (TPSA) is 28.3 Å². The number of H-pyrrole nitrogens is 1. The molecule has 0 amide bonds. The molecular weight excluding hydrogens is 284 g/mol. The average Bonchev–Trinajstić information content (AvgIpc) is 2.91. The lowest BCUT2D eigenvalue weighted by atomic mass is 10.1. The van der Waals surface area contributed by atoms with Crippen molar-refractivity contribution in [2.24, 2.45) is 5.92 Å². The molecule has 0 radical (unpaired) electrons. The van der Waals surface area contributed by atoms with Crippen molar-refractivity contribution in [1.29, 1.82) is 0 Å². The fourth-order valence-corrected chi connectivity index (χ4v) is 2.98. The molecule has 3 aromatic rings. The van der Waals surface area contributed by atoms with E-state index in [4.69, 9.17) is 4.74 Å². The Morgan fingerprint density at radius 1 is 1.00 bits per heavy atom. The molecule has 3 nitrogen and oxygen atoms in total. The van der Waals surface area contributed by atoms with E-state index >= 15 is 0 Å². The molecule has 0 spiro atoms. The maximum atomic E-state index is 6.18. The minimum atomic E-state index is 0.489. The van der Waals surface area contributed by atoms with Crippen LogP contribution in [0.4, 0.5) is 0 Å². The number of ether oxygens (including phenoxy) is 1. The van der Waals surface area contributed by atoms with E-state index in [2.05, 4.69) is 80.2 Å². The lowest BCUT2D eigenvalue weighted by Gasteiger charge is -2.25. The van der Waals surface area contributed by atoms with E-state index < -0.39 is 0 Å². The summed E-state index contributed by atoms with van der Waals surface area (Å²) in [5.74, 6) is 1.46. The molecular formula is C20H26N2O. The van der Waals surface area contributed by atoms with Crippen molar-refractivity contribution in [3.05, 3.63) is 42.5 Å². The molecule has 23 heavy (non-hydrogen) atoms. The highest BCUT2D eigenvalue weighted by molar-refractivity contribution is 6.10. The van der Waals surface area contributed by atoms with Crippen LogP contribution in [0.25, 0.3) is 21.8 Å². The summed E-state index contributed by atoms with van der Waals surface area (Å²) in [6.45, 7) is 8.46. The first-order valence-electron chi connectivity index (χ1n) is 8.38. The molecule has 1 atom stereocenters. The van der Waals surface area contributed by atoms with Crippen molar-refractivity contribution in [3.63, 3.8) is 0 Å². The largest absolute Gasteiger partial charge is 0.493 e. The number of hydrogen-bond donors (Lipinski definition) is 1. The van der Waals surface area contributed by atoms with Crippen molar-refractivity contribution in [2.45, 2.75) is 26.8 Å². The van der Waals surface area contributed by atoms with E-state index in [1.807, 2.05) is 0 Å². The van der Waals surface area contributed by atoms with Gasteiger partial charge in [-0.25, -0.2) is 0 Å². The van der Waals surface area contributed by atoms with Gasteiger partial charge in [-0.15, -0.1) is 0 Å². The third kappa shape index (κ3) is 3.35. The number of nitrogens with one attached hydrogen (secondary N) is 1. The average molecular weight is 310 g/mol. The van der Waals surface area contributed by atoms with Crippen LogP contribution in [-0.4, -0.2) is 36.1 Å². The van der Waals surface area contributed by atoms with E-state index in [0.717, 1.165) is 29.9 Å². The van der Waals surface area contributed by atoms with Gasteiger partial charge >= 0.3 is 0 Å². The smallest absolute Gasteiger partial charge is 0.129 e. The van der Waals surface area contributed by atoms with Crippen molar-refractivity contribution in [3.8, 4) is 5.75 Å². The molecule has 122 valence electrons. The summed E-state index contributed by atoms with van der Waals surface area (Å²) in [7, 11) is 2.17. The highest BCUT2D eigenvalue weighted by atomic mass is 16.5. The van der Waals surface area contributed by atoms with E-state index in [1.165, 1.54) is 10.8 Å². The summed E-state index contributed by atoms with van der Waals surface area (Å²) in [5, 5.41) is 2.41. The van der Waals surface area contributed by atoms with Crippen LogP contribution < -0.4 is 4.74 Å². The van der Waals surface area contributed by atoms with Gasteiger partial charge in [0.25, 0.3) is 0 Å². The van der Waals surface area contributed by atoms with Crippen LogP contribution in [0, 0.1) is 5.92 Å². The number of para-hydroxylation sites is 1. The summed E-state index contributed by atoms with van der Waals surface area (Å²) >= 11 is 0. The minimum Gasteiger partial charge on any atom is -0.493 e. The molecule has 1 N–H and O–H groups in total. The van der Waals surface area contributed by atoms with Gasteiger partial charge in [0.05, 0.1) is 12.1 Å². The van der Waals surface area contributed by atoms with Gasteiger partial charge in [-0.1, -0.05) is 31.2 Å². The van der Waals surface area contributed by atoms with Gasteiger partial charge in [-0.05, 0) is 39.1 Å². The van der Waals surface area contributed by atoms with Crippen molar-refractivity contribution < 1.29 is 4.74 Å². The molecule has 1 heterocycles. The van der Waals surface area contributed by atoms with Gasteiger partial charge in [0.15, 0.2) is 0 Å². The molecule has 1 unspecified atom stereocenters. The molecule has 1 aromatic heterocycles. The summed E-state index contributed by atoms with van der Waals surface area (Å²) in [6, 6.07) is 15.2. The standard InChI is InChI=1S/C20H26N2O/c1-14(2)22(4)12-15(3)13-23-19-11-7-10-18-20(19)16-8-5-6-9-17(16)21-18/h5-11,14-15,21H,12-13H2,1-4H3. The van der Waals surface area contributed by atoms with Gasteiger partial charge in [0, 0.05) is 34.8 Å². The van der Waals surface area contributed by atoms with Crippen molar-refractivity contribution in [1.82, 2.24) is 9.88 Å². The molecule has 0 aliphatic heterocycles. The lowest BCUT2D eigenvalue weighted by molar-refractivity contribution is 0.185. The van der Waals surface area contributed by atoms with Gasteiger partial charge in [0.2, 0.25) is 0 Å². The fraction of sp³-hybridized carbons (Fsp3) is 0.400. The van der Waals surface area contributed by atoms with Gasteiger partial charge in [-0.3, -0.25) is 0 Å². The van der Waals surface area contributed by atoms with Gasteiger partial charge in [-0.2, -0.15) is 0 Å². The zero-order chi connectivity index (χ0) is 16.4. The number of aromatic nitrogens is 1. The van der Waals surface area contributed by atoms with Crippen LogP contribution in [0.1, 0.15) is 20.8 Å². The summed E-state index contributed by atoms with van der Waals surface area (Å²) in [5.41, 5.74) is 2.29. The number of rotatable bonds is 6. The number of fused-ring (bicyclic) bond motifs is 3. The van der Waals surface area contributed by atoms with E-state index in [0.29, 0.717) is 12.0 Å². The van der Waals surface area contributed by atoms with Crippen LogP contribution in [0.2, 0.25) is 0 Å². The number of aromatic amines is 1. The maximum absolute atomic E-state index is 6.18. The van der Waals surface area contributed by atoms with Crippen LogP contribution >= 0.6 is 0 Å². The van der Waals surface area contributed by atoms with E-state index in [9.17, 15) is 0 Å². The minimum absolute atomic E-state index is 0.489. The SMILES string of the molecule is CC(COc1cccc2[nH]c3ccccc3c12)CN(C)C(C)C. The number of nitrogens with zero attached hydrogens (tertiary/aromatic N) is 1. The number of benzene rings is 2. The molecule has 0 saturated heterocycles. The third-order valence-corrected chi connectivity index (χ3v) is 4.50. The van der Waals surface area contributed by atoms with E-state index in [1.54, 1.807) is 0 Å². The monoisotopic (exact) mass is 310 g/mol. The first kappa shape index (κ1) is 15.9. The second-order valence-electron chi connectivity index (χ2n) is 6.80. The molecule has 0 aliphatic carbocycles. The lowest BCUT2D eigenvalue weighted by Crippen LogP contribution is -2.32. The van der Waals surface area contributed by atoms with Crippen LogP contribution in [0.3, 0.4) is 0 Å². The van der Waals surface area contributed by atoms with E-state index in [-0.39, 0.29) is 0 Å². The molecule has 0 saturated carbocycles. The summed E-state index contributed by atoms with van der Waals surface area (Å²) in [6.07, 6.45) is 0. The van der Waals surface area contributed by atoms with Gasteiger partial charge < -0.3 is 14.6 Å². The zero-order valence-electron chi connectivity index (χ0n) is 14.5. The predicted octanol–water partition coefficient (Wildman–Crippen LogP) is 4.68. The Morgan fingerprint density at radius 3 is 2.52 bits per heavy atom. The summed E-state index contributed by atoms with van der Waals surface area (Å²) < 4.78 is 6.18. The van der Waals surface area contributed by atoms with Crippen LogP contribution in [-0.2, 0) is 0 Å². The second kappa shape index (κ2) is 6.63. The molecule has 3 heteroatoms. The Hall–Kier alpha value is -2.00. The summed E-state index contributed by atoms with van der Waals surface area (Å²) in [4.78, 5) is 5.83. The highest BCUT2D eigenvalue weighted by Crippen LogP contribution is 2.33. The van der Waals surface area contributed by atoms with Crippen molar-refractivity contribution in [2.75, 3.05) is 20.2 Å². The molecule has 0 aliphatic rings. The first-order chi connectivity index (χ1) is 11.1. The van der Waals surface area contributed by atoms with Gasteiger partial charge in [0.1, 0.15) is 5.75 Å². The normalized spacial score (nSPS) is 13.3. The first-order valence-corrected chi connectivity index (χ1v) is 8.38. The molecule has 0 bridgehead atoms. The highest BCUT2D eigenvalue weighted by Gasteiger charge is 2.13. The zero-order valence-corrected chi connectivity index (χ0v) is 14.5. The Kier molecular flexibility index (Phi) is 4.58. The maximum Gasteiger partial charge on any atom is 0.129 e. The molecule has 2 aromatic carbocycles. The third-order valence-electron chi connectivity index (χ3n) is 4.50. The van der Waals surface area contributed by atoms with Crippen LogP contribution in [0.15, 0.2) is 42.5 Å². The second-order valence-corrected chi connectivity index (χ2v) is 6.80. The van der Waals surface area contributed by atoms with Crippen molar-refractivity contribution >= 4 is 21.8 Å². The Balaban J connectivity index is 1.80. The molecule has 0 fully saturated rings. The predicted molar refractivity (Wildman–Crippen MR) is 98.2 cm³/mol. The Morgan fingerprint density at radius 2 is 1.74 bits per heavy atom. The fourth-order valence-electron chi connectivity index (χ4n) is 2.98. The van der Waals surface area contributed by atoms with Crippen LogP contribution in [0.5, 0.6) is 5.75 Å². The molecule has 3 rings (SSSR count). The number of hydrogen-bond acceptors (Lipinski definition) is 2. The Labute approximate surface area is 138 Å². The quantitative estimate of drug-likeness (QED) is 0.716.